The van der Waals surface area contributed by atoms with Crippen LogP contribution in [0.3, 0.4) is 0 Å². The van der Waals surface area contributed by atoms with Crippen molar-refractivity contribution in [2.45, 2.75) is 6.42 Å². The van der Waals surface area contributed by atoms with Crippen LogP contribution in [0.2, 0.25) is 0 Å². The fourth-order valence-electron chi connectivity index (χ4n) is 0.873. The zero-order valence-corrected chi connectivity index (χ0v) is 7.86. The summed E-state index contributed by atoms with van der Waals surface area (Å²) in [4.78, 5) is 18.4. The number of hydrogen-bond acceptors (Lipinski definition) is 6. The van der Waals surface area contributed by atoms with E-state index in [1.54, 1.807) is 0 Å². The van der Waals surface area contributed by atoms with E-state index in [2.05, 4.69) is 20.0 Å². The van der Waals surface area contributed by atoms with Gasteiger partial charge in [0.25, 0.3) is 0 Å². The number of carbonyl (C=O) groups is 1. The Morgan fingerprint density at radius 1 is 1.71 bits per heavy atom. The molecule has 0 unspecified atom stereocenters. The minimum Gasteiger partial charge on any atom is -0.469 e. The highest BCUT2D eigenvalue weighted by Crippen LogP contribution is 2.10. The number of methoxy groups -OCH3 is 1. The number of aromatic nitrogens is 2. The molecule has 1 heterocycles. The molecule has 1 aromatic heterocycles. The summed E-state index contributed by atoms with van der Waals surface area (Å²) >= 11 is 0. The molecule has 0 atom stereocenters. The summed E-state index contributed by atoms with van der Waals surface area (Å²) in [5.41, 5.74) is 6.02. The van der Waals surface area contributed by atoms with Gasteiger partial charge in [-0.3, -0.25) is 4.79 Å². The first-order valence-corrected chi connectivity index (χ1v) is 4.10. The molecule has 0 saturated carbocycles. The second-order valence-corrected chi connectivity index (χ2v) is 2.58. The van der Waals surface area contributed by atoms with Crippen LogP contribution >= 0.6 is 0 Å². The minimum atomic E-state index is -0.273. The second-order valence-electron chi connectivity index (χ2n) is 2.58. The smallest absolute Gasteiger partial charge is 0.307 e. The summed E-state index contributed by atoms with van der Waals surface area (Å²) in [5.74, 6) is 0.258. The van der Waals surface area contributed by atoms with E-state index >= 15 is 0 Å². The van der Waals surface area contributed by atoms with Crippen LogP contribution in [0.15, 0.2) is 12.5 Å². The first-order chi connectivity index (χ1) is 6.74. The van der Waals surface area contributed by atoms with Crippen molar-refractivity contribution < 1.29 is 9.53 Å². The van der Waals surface area contributed by atoms with E-state index in [1.165, 1.54) is 19.6 Å². The molecule has 0 spiro atoms. The Labute approximate surface area is 81.5 Å². The topological polar surface area (TPSA) is 90.1 Å². The molecule has 0 aromatic carbocycles. The number of nitrogens with one attached hydrogen (secondary N) is 1. The van der Waals surface area contributed by atoms with Crippen LogP contribution in [0.4, 0.5) is 11.5 Å². The van der Waals surface area contributed by atoms with Crippen LogP contribution in [0, 0.1) is 0 Å². The van der Waals surface area contributed by atoms with Gasteiger partial charge in [0, 0.05) is 6.54 Å². The molecule has 3 N–H and O–H groups in total. The minimum absolute atomic E-state index is 0.273. The van der Waals surface area contributed by atoms with Crippen LogP contribution in [0.1, 0.15) is 6.42 Å². The Morgan fingerprint density at radius 2 is 2.50 bits per heavy atom. The summed E-state index contributed by atoms with van der Waals surface area (Å²) in [7, 11) is 1.35. The largest absolute Gasteiger partial charge is 0.469 e. The lowest BCUT2D eigenvalue weighted by atomic mass is 10.4. The van der Waals surface area contributed by atoms with Crippen LogP contribution in [-0.4, -0.2) is 29.6 Å². The van der Waals surface area contributed by atoms with Crippen molar-refractivity contribution >= 4 is 17.5 Å². The van der Waals surface area contributed by atoms with E-state index in [-0.39, 0.29) is 12.4 Å². The molecule has 6 nitrogen and oxygen atoms in total. The van der Waals surface area contributed by atoms with Gasteiger partial charge in [0.1, 0.15) is 6.33 Å². The van der Waals surface area contributed by atoms with Crippen molar-refractivity contribution in [3.05, 3.63) is 12.5 Å². The maximum Gasteiger partial charge on any atom is 0.307 e. The second kappa shape index (κ2) is 5.00. The van der Waals surface area contributed by atoms with Crippen molar-refractivity contribution in [1.82, 2.24) is 9.97 Å². The van der Waals surface area contributed by atoms with Crippen molar-refractivity contribution in [3.8, 4) is 0 Å². The van der Waals surface area contributed by atoms with Gasteiger partial charge in [0.15, 0.2) is 5.82 Å². The first kappa shape index (κ1) is 10.2. The lowest BCUT2D eigenvalue weighted by Gasteiger charge is -2.05. The van der Waals surface area contributed by atoms with Crippen LogP contribution in [0.5, 0.6) is 0 Å². The molecule has 0 aliphatic heterocycles. The Morgan fingerprint density at radius 3 is 3.14 bits per heavy atom. The number of hydrogen-bond donors (Lipinski definition) is 2. The highest BCUT2D eigenvalue weighted by molar-refractivity contribution is 5.70. The molecule has 76 valence electrons. The van der Waals surface area contributed by atoms with E-state index in [1.807, 2.05) is 0 Å². The average molecular weight is 196 g/mol. The maximum atomic E-state index is 10.8. The van der Waals surface area contributed by atoms with Crippen molar-refractivity contribution in [1.29, 1.82) is 0 Å². The third-order valence-electron chi connectivity index (χ3n) is 1.59. The third kappa shape index (κ3) is 2.89. The van der Waals surface area contributed by atoms with Gasteiger partial charge >= 0.3 is 5.97 Å². The molecule has 6 heteroatoms. The standard InChI is InChI=1S/C8H12N4O2/c1-14-7(13)2-3-11-8-6(9)4-10-5-12-8/h4-5H,2-3,9H2,1H3,(H,10,11,12). The van der Waals surface area contributed by atoms with Gasteiger partial charge in [0.05, 0.1) is 25.4 Å². The highest BCUT2D eigenvalue weighted by Gasteiger charge is 2.01. The predicted molar refractivity (Wildman–Crippen MR) is 51.6 cm³/mol. The summed E-state index contributed by atoms with van der Waals surface area (Å²) < 4.78 is 4.48. The normalized spacial score (nSPS) is 9.50. The molecular weight excluding hydrogens is 184 g/mol. The molecular formula is C8H12N4O2. The molecule has 0 fully saturated rings. The predicted octanol–water partition coefficient (Wildman–Crippen LogP) is 0.0338. The number of rotatable bonds is 4. The van der Waals surface area contributed by atoms with E-state index in [0.29, 0.717) is 18.1 Å². The van der Waals surface area contributed by atoms with Gasteiger partial charge in [0.2, 0.25) is 0 Å². The summed E-state index contributed by atoms with van der Waals surface area (Å²) in [5, 5.41) is 2.90. The average Bonchev–Trinajstić information content (AvgIpc) is 2.20. The van der Waals surface area contributed by atoms with E-state index in [9.17, 15) is 4.79 Å². The Hall–Kier alpha value is -1.85. The van der Waals surface area contributed by atoms with Crippen molar-refractivity contribution in [2.24, 2.45) is 0 Å². The lowest BCUT2D eigenvalue weighted by Crippen LogP contribution is -2.11. The van der Waals surface area contributed by atoms with Gasteiger partial charge in [-0.2, -0.15) is 0 Å². The Bertz CT molecular complexity index is 316. The van der Waals surface area contributed by atoms with E-state index in [4.69, 9.17) is 5.73 Å². The molecule has 0 saturated heterocycles. The molecule has 0 aliphatic carbocycles. The molecule has 14 heavy (non-hydrogen) atoms. The molecule has 0 aliphatic rings. The number of carbonyl (C=O) groups excluding carboxylic acids is 1. The number of nitrogens with zero attached hydrogens (tertiary/aromatic N) is 2. The number of ether oxygens (including phenoxy) is 1. The SMILES string of the molecule is COC(=O)CCNc1ncncc1N. The molecule has 0 amide bonds. The third-order valence-corrected chi connectivity index (χ3v) is 1.59. The van der Waals surface area contributed by atoms with Gasteiger partial charge in [-0.15, -0.1) is 0 Å². The maximum absolute atomic E-state index is 10.8. The Balaban J connectivity index is 2.39. The quantitative estimate of drug-likeness (QED) is 0.660. The van der Waals surface area contributed by atoms with E-state index < -0.39 is 0 Å². The first-order valence-electron chi connectivity index (χ1n) is 4.10. The highest BCUT2D eigenvalue weighted by atomic mass is 16.5. The number of nitrogen functional groups attached to an aromatic ring is 1. The lowest BCUT2D eigenvalue weighted by molar-refractivity contribution is -0.140. The van der Waals surface area contributed by atoms with Crippen LogP contribution in [0.25, 0.3) is 0 Å². The van der Waals surface area contributed by atoms with Gasteiger partial charge in [-0.05, 0) is 0 Å². The summed E-state index contributed by atoms with van der Waals surface area (Å²) in [6, 6.07) is 0. The number of esters is 1. The van der Waals surface area contributed by atoms with Crippen molar-refractivity contribution in [2.75, 3.05) is 24.7 Å². The fraction of sp³-hybridized carbons (Fsp3) is 0.375. The molecule has 0 radical (unpaired) electrons. The van der Waals surface area contributed by atoms with Gasteiger partial charge < -0.3 is 15.8 Å². The zero-order chi connectivity index (χ0) is 10.4. The monoisotopic (exact) mass is 196 g/mol. The number of nitrogens with two attached hydrogens (primary N) is 1. The summed E-state index contributed by atoms with van der Waals surface area (Å²) in [6.45, 7) is 0.438. The molecule has 1 aromatic rings. The summed E-state index contributed by atoms with van der Waals surface area (Å²) in [6.07, 6.45) is 3.16. The molecule has 1 rings (SSSR count). The Kier molecular flexibility index (Phi) is 3.66. The molecule has 0 bridgehead atoms. The van der Waals surface area contributed by atoms with Gasteiger partial charge in [-0.1, -0.05) is 0 Å². The fourth-order valence-corrected chi connectivity index (χ4v) is 0.873. The number of anilines is 2. The zero-order valence-electron chi connectivity index (χ0n) is 7.86. The van der Waals surface area contributed by atoms with E-state index in [0.717, 1.165) is 0 Å². The van der Waals surface area contributed by atoms with Crippen LogP contribution in [-0.2, 0) is 9.53 Å². The van der Waals surface area contributed by atoms with Crippen molar-refractivity contribution in [3.63, 3.8) is 0 Å². The van der Waals surface area contributed by atoms with Crippen LogP contribution < -0.4 is 11.1 Å². The van der Waals surface area contributed by atoms with Gasteiger partial charge in [-0.25, -0.2) is 9.97 Å².